The number of piperidine rings is 1. The molecule has 0 radical (unpaired) electrons. The lowest BCUT2D eigenvalue weighted by molar-refractivity contribution is -0.125. The van der Waals surface area contributed by atoms with E-state index in [0.717, 1.165) is 34.4 Å². The lowest BCUT2D eigenvalue weighted by atomic mass is 10.0. The normalized spacial score (nSPS) is 22.2. The molecule has 3 aromatic heterocycles. The number of methoxy groups -OCH3 is 1. The summed E-state index contributed by atoms with van der Waals surface area (Å²) < 4.78 is 27.1. The number of aromatic nitrogens is 4. The minimum atomic E-state index is -0.756. The van der Waals surface area contributed by atoms with Gasteiger partial charge in [0.1, 0.15) is 29.7 Å². The highest BCUT2D eigenvalue weighted by Gasteiger charge is 2.55. The number of alkyl halides is 1. The number of halogens is 1. The van der Waals surface area contributed by atoms with Crippen LogP contribution < -0.4 is 15.2 Å². The highest BCUT2D eigenvalue weighted by Crippen LogP contribution is 2.51. The van der Waals surface area contributed by atoms with Crippen molar-refractivity contribution in [3.05, 3.63) is 66.3 Å². The zero-order chi connectivity index (χ0) is 31.9. The average molecular weight is 622 g/mol. The summed E-state index contributed by atoms with van der Waals surface area (Å²) in [5.74, 6) is 9.80. The van der Waals surface area contributed by atoms with Crippen LogP contribution in [0.15, 0.2) is 54.9 Å². The topological polar surface area (TPSA) is 112 Å². The summed E-state index contributed by atoms with van der Waals surface area (Å²) in [4.78, 5) is 29.9. The minimum Gasteiger partial charge on any atom is -0.493 e. The van der Waals surface area contributed by atoms with Crippen LogP contribution in [-0.2, 0) is 11.8 Å². The molecular weight excluding hydrogens is 585 g/mol. The molecule has 4 atom stereocenters. The molecule has 46 heavy (non-hydrogen) atoms. The quantitative estimate of drug-likeness (QED) is 0.239. The number of carbonyl (C=O) groups is 1. The smallest absolute Gasteiger partial charge is 0.246 e. The highest BCUT2D eigenvalue weighted by atomic mass is 19.1. The van der Waals surface area contributed by atoms with E-state index in [9.17, 15) is 9.18 Å². The van der Waals surface area contributed by atoms with Crippen LogP contribution >= 0.6 is 0 Å². The van der Waals surface area contributed by atoms with Crippen LogP contribution in [0.2, 0.25) is 0 Å². The number of likely N-dealkylation sites (tertiary alicyclic amines) is 2. The number of fused-ring (bicyclic) bond motifs is 2. The van der Waals surface area contributed by atoms with E-state index in [-0.39, 0.29) is 11.8 Å². The number of hydrogen-bond acceptors (Lipinski definition) is 8. The predicted octanol–water partition coefficient (Wildman–Crippen LogP) is 4.38. The molecule has 1 aliphatic carbocycles. The first kappa shape index (κ1) is 29.7. The van der Waals surface area contributed by atoms with Gasteiger partial charge in [0.05, 0.1) is 12.5 Å². The molecule has 10 nitrogen and oxygen atoms in total. The largest absolute Gasteiger partial charge is 0.493 e. The second-order valence-electron chi connectivity index (χ2n) is 12.2. The summed E-state index contributed by atoms with van der Waals surface area (Å²) in [7, 11) is 3.53. The summed E-state index contributed by atoms with van der Waals surface area (Å²) in [6, 6.07) is 11.3. The molecule has 4 aromatic rings. The Kier molecular flexibility index (Phi) is 7.82. The van der Waals surface area contributed by atoms with Crippen molar-refractivity contribution >= 4 is 22.8 Å². The third-order valence-corrected chi connectivity index (χ3v) is 9.23. The van der Waals surface area contributed by atoms with Gasteiger partial charge in [-0.2, -0.15) is 0 Å². The zero-order valence-electron chi connectivity index (χ0n) is 26.1. The van der Waals surface area contributed by atoms with Crippen molar-refractivity contribution in [2.75, 3.05) is 45.6 Å². The summed E-state index contributed by atoms with van der Waals surface area (Å²) in [5.41, 5.74) is 10.4. The lowest BCUT2D eigenvalue weighted by Crippen LogP contribution is -2.30. The van der Waals surface area contributed by atoms with Gasteiger partial charge in [-0.1, -0.05) is 24.1 Å². The molecule has 3 aliphatic rings. The number of hydrogen-bond donors (Lipinski definition) is 1. The Balaban J connectivity index is 1.11. The molecule has 7 rings (SSSR count). The van der Waals surface area contributed by atoms with Gasteiger partial charge in [0, 0.05) is 69.1 Å². The maximum Gasteiger partial charge on any atom is 0.246 e. The summed E-state index contributed by atoms with van der Waals surface area (Å²) in [6.07, 6.45) is 4.76. The first-order valence-electron chi connectivity index (χ1n) is 15.5. The van der Waals surface area contributed by atoms with Crippen molar-refractivity contribution in [3.8, 4) is 40.3 Å². The number of carbonyl (C=O) groups excluding carboxylic acids is 1. The number of anilines is 1. The Hall–Kier alpha value is -4.95. The summed E-state index contributed by atoms with van der Waals surface area (Å²) in [5, 5.41) is 0.723. The number of nitrogens with zero attached hydrogens (tertiary/aromatic N) is 6. The van der Waals surface area contributed by atoms with Crippen molar-refractivity contribution in [1.82, 2.24) is 29.3 Å². The van der Waals surface area contributed by atoms with E-state index in [1.165, 1.54) is 6.33 Å². The first-order chi connectivity index (χ1) is 22.3. The first-order valence-corrected chi connectivity index (χ1v) is 15.5. The molecule has 0 spiro atoms. The molecule has 1 saturated carbocycles. The number of amides is 1. The third kappa shape index (κ3) is 5.65. The van der Waals surface area contributed by atoms with Crippen LogP contribution in [0.4, 0.5) is 10.2 Å². The molecule has 1 amide bonds. The molecule has 236 valence electrons. The number of nitrogens with two attached hydrogens (primary N) is 1. The van der Waals surface area contributed by atoms with E-state index in [4.69, 9.17) is 15.2 Å². The molecule has 1 unspecified atom stereocenters. The average Bonchev–Trinajstić information content (AvgIpc) is 3.37. The number of benzene rings is 1. The van der Waals surface area contributed by atoms with Gasteiger partial charge in [0.2, 0.25) is 11.8 Å². The number of ether oxygens (including phenoxy) is 2. The van der Waals surface area contributed by atoms with Crippen LogP contribution in [0.5, 0.6) is 17.4 Å². The Morgan fingerprint density at radius 1 is 1.15 bits per heavy atom. The summed E-state index contributed by atoms with van der Waals surface area (Å²) >= 11 is 0. The van der Waals surface area contributed by atoms with Crippen LogP contribution in [0.3, 0.4) is 0 Å². The van der Waals surface area contributed by atoms with Crippen molar-refractivity contribution in [3.63, 3.8) is 0 Å². The van der Waals surface area contributed by atoms with Crippen molar-refractivity contribution in [1.29, 1.82) is 0 Å². The van der Waals surface area contributed by atoms with Gasteiger partial charge in [0.15, 0.2) is 11.5 Å². The zero-order valence-corrected chi connectivity index (χ0v) is 26.1. The van der Waals surface area contributed by atoms with Gasteiger partial charge in [-0.05, 0) is 54.9 Å². The SMILES string of the molecule is COc1cc(-c2c(C#C[C@@H]3[C@H]4CN(C(=O)/C=C/CN5CCC(F)C5)C[C@@H]34)n(C)c3ncnc(N)c23)ccc1Oc1cccc(C)n1. The van der Waals surface area contributed by atoms with Gasteiger partial charge in [-0.3, -0.25) is 9.69 Å². The fraction of sp³-hybridized carbons (Fsp3) is 0.371. The Bertz CT molecular complexity index is 1900. The monoisotopic (exact) mass is 621 g/mol. The van der Waals surface area contributed by atoms with E-state index in [1.54, 1.807) is 19.3 Å². The number of aryl methyl sites for hydroxylation is 2. The number of pyridine rings is 1. The van der Waals surface area contributed by atoms with Gasteiger partial charge >= 0.3 is 0 Å². The number of rotatable bonds is 7. The highest BCUT2D eigenvalue weighted by molar-refractivity contribution is 6.03. The van der Waals surface area contributed by atoms with Gasteiger partial charge in [-0.15, -0.1) is 0 Å². The standard InChI is InChI=1S/C35H36FN7O3/c1-21-6-4-7-30(40-21)46-28-12-9-22(16-29(28)45-3)32-27(41(2)35-33(32)34(37)38-20-39-35)11-10-24-25-18-43(19-26(24)25)31(44)8-5-14-42-15-13-23(36)17-42/h4-9,12,16,20,23-26H,13-15,17-19H2,1-3H3,(H2,37,38,39)/b8-5+/t23?,24-,25-,26+. The van der Waals surface area contributed by atoms with Gasteiger partial charge < -0.3 is 24.7 Å². The third-order valence-electron chi connectivity index (χ3n) is 9.23. The van der Waals surface area contributed by atoms with E-state index in [2.05, 4.69) is 26.8 Å². The maximum atomic E-state index is 13.4. The molecule has 1 aromatic carbocycles. The molecule has 0 bridgehead atoms. The Morgan fingerprint density at radius 2 is 1.98 bits per heavy atom. The van der Waals surface area contributed by atoms with Crippen molar-refractivity contribution in [2.24, 2.45) is 24.8 Å². The fourth-order valence-corrected chi connectivity index (χ4v) is 6.73. The van der Waals surface area contributed by atoms with Crippen LogP contribution in [0.1, 0.15) is 17.8 Å². The van der Waals surface area contributed by atoms with E-state index >= 15 is 0 Å². The minimum absolute atomic E-state index is 0.0134. The van der Waals surface area contributed by atoms with Crippen LogP contribution in [0, 0.1) is 36.5 Å². The maximum absolute atomic E-state index is 13.4. The fourth-order valence-electron chi connectivity index (χ4n) is 6.73. The Labute approximate surface area is 267 Å². The summed E-state index contributed by atoms with van der Waals surface area (Å²) in [6.45, 7) is 5.09. The predicted molar refractivity (Wildman–Crippen MR) is 173 cm³/mol. The van der Waals surface area contributed by atoms with Gasteiger partial charge in [0.25, 0.3) is 0 Å². The molecule has 5 heterocycles. The van der Waals surface area contributed by atoms with E-state index < -0.39 is 6.17 Å². The molecule has 2 saturated heterocycles. The number of nitrogen functional groups attached to an aromatic ring is 1. The van der Waals surface area contributed by atoms with Crippen molar-refractivity contribution in [2.45, 2.75) is 19.5 Å². The van der Waals surface area contributed by atoms with Crippen molar-refractivity contribution < 1.29 is 18.7 Å². The van der Waals surface area contributed by atoms with E-state index in [1.807, 2.05) is 64.7 Å². The van der Waals surface area contributed by atoms with Crippen LogP contribution in [-0.4, -0.2) is 81.2 Å². The van der Waals surface area contributed by atoms with Crippen LogP contribution in [0.25, 0.3) is 22.2 Å². The van der Waals surface area contributed by atoms with E-state index in [0.29, 0.717) is 73.3 Å². The molecule has 11 heteroatoms. The second kappa shape index (κ2) is 12.1. The van der Waals surface area contributed by atoms with Gasteiger partial charge in [-0.25, -0.2) is 19.3 Å². The second-order valence-corrected chi connectivity index (χ2v) is 12.2. The molecule has 2 N–H and O–H groups in total. The Morgan fingerprint density at radius 3 is 2.72 bits per heavy atom. The lowest BCUT2D eigenvalue weighted by Gasteiger charge is -2.17. The molecular formula is C35H36FN7O3. The molecule has 3 fully saturated rings. The molecule has 2 aliphatic heterocycles.